The van der Waals surface area contributed by atoms with Crippen molar-refractivity contribution >= 4 is 16.8 Å². The molecule has 0 fully saturated rings. The standard InChI is InChI=1S/C13H10.C10H8.C9H8.3C7H8.10C2H6/c1-3-7-12-10(5-1)9-11-6-2-4-8-13(11)12;1-2-6-10-8-4-3-7-9(10)5-1;1-2-5-9-7-3-6-8(9)4-1;3*1-7-5-3-2-4-6-7;10*1-2/h1-8H,9H2;1-8H;1-6H,7H2;3*2-6H,1H3;10*1-2H3. The van der Waals surface area contributed by atoms with E-state index < -0.39 is 0 Å². The summed E-state index contributed by atoms with van der Waals surface area (Å²) in [6.45, 7) is 46.3. The van der Waals surface area contributed by atoms with E-state index in [0.29, 0.717) is 0 Å². The summed E-state index contributed by atoms with van der Waals surface area (Å²) >= 11 is 0. The third kappa shape index (κ3) is 39.0. The Bertz CT molecular complexity index is 2050. The molecule has 0 heterocycles. The van der Waals surface area contributed by atoms with E-state index >= 15 is 0 Å². The molecule has 10 rings (SSSR count). The maximum Gasteiger partial charge on any atom is -0.00135 e. The number of fused-ring (bicyclic) bond motifs is 5. The van der Waals surface area contributed by atoms with Gasteiger partial charge in [0.05, 0.1) is 0 Å². The van der Waals surface area contributed by atoms with E-state index in [-0.39, 0.29) is 0 Å². The fourth-order valence-corrected chi connectivity index (χ4v) is 6.01. The molecule has 0 aliphatic heterocycles. The third-order valence-electron chi connectivity index (χ3n) is 8.88. The molecule has 2 aliphatic carbocycles. The molecule has 0 amide bonds. The fourth-order valence-electron chi connectivity index (χ4n) is 6.01. The Labute approximate surface area is 455 Å². The molecule has 73 heavy (non-hydrogen) atoms. The number of hydrogen-bond acceptors (Lipinski definition) is 0. The zero-order chi connectivity index (χ0) is 56.9. The lowest BCUT2D eigenvalue weighted by Crippen LogP contribution is -1.77. The summed E-state index contributed by atoms with van der Waals surface area (Å²) < 4.78 is 0. The second-order valence-electron chi connectivity index (χ2n) is 13.1. The van der Waals surface area contributed by atoms with E-state index in [0.717, 1.165) is 12.8 Å². The van der Waals surface area contributed by atoms with E-state index in [1.807, 2.05) is 193 Å². The molecule has 0 unspecified atom stereocenters. The minimum atomic E-state index is 1.10. The van der Waals surface area contributed by atoms with Crippen LogP contribution in [0.3, 0.4) is 0 Å². The first-order chi connectivity index (χ1) is 36.1. The third-order valence-corrected chi connectivity index (χ3v) is 8.88. The van der Waals surface area contributed by atoms with Gasteiger partial charge in [-0.15, -0.1) is 0 Å². The van der Waals surface area contributed by atoms with Crippen molar-refractivity contribution in [3.63, 3.8) is 0 Å². The van der Waals surface area contributed by atoms with Crippen LogP contribution in [0.15, 0.2) is 218 Å². The number of allylic oxidation sites excluding steroid dienone is 1. The summed E-state index contributed by atoms with van der Waals surface area (Å²) in [6.07, 6.45) is 6.60. The van der Waals surface area contributed by atoms with Gasteiger partial charge < -0.3 is 0 Å². The van der Waals surface area contributed by atoms with Crippen LogP contribution in [-0.2, 0) is 12.8 Å². The van der Waals surface area contributed by atoms with Crippen LogP contribution in [0.5, 0.6) is 0 Å². The van der Waals surface area contributed by atoms with Crippen LogP contribution in [0.1, 0.15) is 177 Å². The van der Waals surface area contributed by atoms with E-state index in [1.165, 1.54) is 60.8 Å². The second kappa shape index (κ2) is 63.8. The van der Waals surface area contributed by atoms with Crippen molar-refractivity contribution in [3.8, 4) is 11.1 Å². The molecule has 0 atom stereocenters. The number of hydrogen-bond donors (Lipinski definition) is 0. The summed E-state index contributed by atoms with van der Waals surface area (Å²) in [5.41, 5.74) is 12.6. The van der Waals surface area contributed by atoms with E-state index in [1.54, 1.807) is 0 Å². The van der Waals surface area contributed by atoms with Gasteiger partial charge in [0.2, 0.25) is 0 Å². The van der Waals surface area contributed by atoms with Gasteiger partial charge >= 0.3 is 0 Å². The van der Waals surface area contributed by atoms with Crippen LogP contribution in [-0.4, -0.2) is 0 Å². The molecule has 0 bridgehead atoms. The second-order valence-corrected chi connectivity index (χ2v) is 13.1. The Morgan fingerprint density at radius 1 is 0.233 bits per heavy atom. The van der Waals surface area contributed by atoms with Crippen LogP contribution in [0.25, 0.3) is 28.0 Å². The van der Waals surface area contributed by atoms with Gasteiger partial charge in [-0.3, -0.25) is 0 Å². The molecule has 0 saturated carbocycles. The first-order valence-corrected chi connectivity index (χ1v) is 28.5. The van der Waals surface area contributed by atoms with Crippen molar-refractivity contribution in [3.05, 3.63) is 257 Å². The van der Waals surface area contributed by atoms with Crippen LogP contribution in [0.2, 0.25) is 0 Å². The van der Waals surface area contributed by atoms with Gasteiger partial charge in [-0.2, -0.15) is 0 Å². The number of aryl methyl sites for hydroxylation is 3. The maximum atomic E-state index is 2.22. The molecule has 0 saturated heterocycles. The molecule has 0 heteroatoms. The molecule has 8 aromatic rings. The molecule has 0 N–H and O–H groups in total. The van der Waals surface area contributed by atoms with E-state index in [4.69, 9.17) is 0 Å². The molecule has 2 aliphatic rings. The smallest absolute Gasteiger partial charge is 0.00135 e. The molecule has 8 aromatic carbocycles. The average molecular weight is 988 g/mol. The zero-order valence-corrected chi connectivity index (χ0v) is 51.3. The summed E-state index contributed by atoms with van der Waals surface area (Å²) in [5.74, 6) is 0. The summed E-state index contributed by atoms with van der Waals surface area (Å²) in [6, 6.07) is 73.3. The van der Waals surface area contributed by atoms with Crippen molar-refractivity contribution in [2.24, 2.45) is 0 Å². The Hall–Kier alpha value is -6.24. The summed E-state index contributed by atoms with van der Waals surface area (Å²) in [4.78, 5) is 0. The maximum absolute atomic E-state index is 2.22. The minimum absolute atomic E-state index is 1.10. The van der Waals surface area contributed by atoms with Gasteiger partial charge in [-0.05, 0) is 77.8 Å². The largest absolute Gasteiger partial charge is 0.0795 e. The molecular formula is C73H110. The fraction of sp³-hybridized carbons (Fsp3) is 0.342. The first kappa shape index (κ1) is 78.2. The van der Waals surface area contributed by atoms with Crippen molar-refractivity contribution in [2.75, 3.05) is 0 Å². The Balaban J connectivity index is -0.000000174. The first-order valence-electron chi connectivity index (χ1n) is 28.5. The molecule has 0 nitrogen and oxygen atoms in total. The van der Waals surface area contributed by atoms with Crippen LogP contribution >= 0.6 is 0 Å². The number of benzene rings is 8. The number of rotatable bonds is 0. The molecule has 0 aromatic heterocycles. The lowest BCUT2D eigenvalue weighted by molar-refractivity contribution is 1.26. The van der Waals surface area contributed by atoms with Crippen molar-refractivity contribution < 1.29 is 0 Å². The normalized spacial score (nSPS) is 8.59. The molecule has 402 valence electrons. The summed E-state index contributed by atoms with van der Waals surface area (Å²) in [5, 5.41) is 2.62. The highest BCUT2D eigenvalue weighted by molar-refractivity contribution is 5.82. The van der Waals surface area contributed by atoms with Crippen LogP contribution in [0.4, 0.5) is 0 Å². The molecular weight excluding hydrogens is 877 g/mol. The predicted octanol–water partition coefficient (Wildman–Crippen LogP) is 24.6. The van der Waals surface area contributed by atoms with Crippen molar-refractivity contribution in [1.29, 1.82) is 0 Å². The highest BCUT2D eigenvalue weighted by Crippen LogP contribution is 2.35. The average Bonchev–Trinajstić information content (AvgIpc) is 4.15. The van der Waals surface area contributed by atoms with Crippen molar-refractivity contribution in [2.45, 2.75) is 172 Å². The van der Waals surface area contributed by atoms with Crippen molar-refractivity contribution in [1.82, 2.24) is 0 Å². The Morgan fingerprint density at radius 2 is 0.466 bits per heavy atom. The lowest BCUT2D eigenvalue weighted by atomic mass is 10.1. The topological polar surface area (TPSA) is 0 Å². The van der Waals surface area contributed by atoms with Gasteiger partial charge in [0.1, 0.15) is 0 Å². The summed E-state index contributed by atoms with van der Waals surface area (Å²) in [7, 11) is 0. The molecule has 0 radical (unpaired) electrons. The highest BCUT2D eigenvalue weighted by atomic mass is 14.2. The van der Waals surface area contributed by atoms with Gasteiger partial charge in [0.15, 0.2) is 0 Å². The van der Waals surface area contributed by atoms with Crippen LogP contribution < -0.4 is 0 Å². The predicted molar refractivity (Wildman–Crippen MR) is 345 cm³/mol. The Kier molecular flexibility index (Phi) is 68.3. The van der Waals surface area contributed by atoms with Gasteiger partial charge in [-0.25, -0.2) is 0 Å². The SMILES string of the molecule is C1=Cc2ccccc2C1.CC.CC.CC.CC.CC.CC.CC.CC.CC.CC.Cc1ccccc1.Cc1ccccc1.Cc1ccccc1.c1ccc2c(c1)Cc1ccccc1-2.c1ccc2ccccc2c1. The quantitative estimate of drug-likeness (QED) is 0.142. The lowest BCUT2D eigenvalue weighted by Gasteiger charge is -1.98. The Morgan fingerprint density at radius 3 is 0.726 bits per heavy atom. The zero-order valence-electron chi connectivity index (χ0n) is 51.3. The minimum Gasteiger partial charge on any atom is -0.0795 e. The monoisotopic (exact) mass is 987 g/mol. The highest BCUT2D eigenvalue weighted by Gasteiger charge is 2.15. The van der Waals surface area contributed by atoms with E-state index in [9.17, 15) is 0 Å². The van der Waals surface area contributed by atoms with Gasteiger partial charge in [-0.1, -0.05) is 380 Å². The molecule has 0 spiro atoms. The van der Waals surface area contributed by atoms with Crippen LogP contribution in [0, 0.1) is 20.8 Å². The van der Waals surface area contributed by atoms with Gasteiger partial charge in [0.25, 0.3) is 0 Å². The van der Waals surface area contributed by atoms with E-state index in [2.05, 4.69) is 191 Å². The van der Waals surface area contributed by atoms with Gasteiger partial charge in [0, 0.05) is 0 Å².